The van der Waals surface area contributed by atoms with Gasteiger partial charge in [0.15, 0.2) is 5.82 Å². The van der Waals surface area contributed by atoms with Crippen molar-refractivity contribution >= 4 is 11.3 Å². The number of hydrogen-bond donors (Lipinski definition) is 1. The van der Waals surface area contributed by atoms with Crippen LogP contribution in [0.5, 0.6) is 0 Å². The quantitative estimate of drug-likeness (QED) is 0.575. The fraction of sp³-hybridized carbons (Fsp3) is 0.350. The number of rotatable bonds is 4. The van der Waals surface area contributed by atoms with E-state index >= 15 is 0 Å². The molecule has 1 aliphatic carbocycles. The molecule has 0 saturated heterocycles. The SMILES string of the molecule is Cn1cc(-c2cn3nccc3c(-c3cn([C@]4(CC#N)C[C@H](C)C4)nc3N)n2)cn1. The van der Waals surface area contributed by atoms with Crippen LogP contribution in [0.1, 0.15) is 26.2 Å². The van der Waals surface area contributed by atoms with E-state index in [1.807, 2.05) is 36.4 Å². The minimum atomic E-state index is -0.280. The lowest BCUT2D eigenvalue weighted by atomic mass is 9.67. The van der Waals surface area contributed by atoms with Crippen LogP contribution in [0, 0.1) is 17.2 Å². The first-order valence-electron chi connectivity index (χ1n) is 9.55. The van der Waals surface area contributed by atoms with E-state index in [4.69, 9.17) is 10.7 Å². The summed E-state index contributed by atoms with van der Waals surface area (Å²) in [6.07, 6.45) is 11.5. The Morgan fingerprint density at radius 2 is 2.10 bits per heavy atom. The van der Waals surface area contributed by atoms with Gasteiger partial charge in [-0.1, -0.05) is 6.92 Å². The van der Waals surface area contributed by atoms with Crippen molar-refractivity contribution in [2.75, 3.05) is 5.73 Å². The zero-order chi connectivity index (χ0) is 20.2. The van der Waals surface area contributed by atoms with E-state index in [2.05, 4.69) is 28.3 Å². The third kappa shape index (κ3) is 2.68. The summed E-state index contributed by atoms with van der Waals surface area (Å²) in [5.74, 6) is 0.978. The molecule has 0 bridgehead atoms. The van der Waals surface area contributed by atoms with E-state index in [9.17, 15) is 5.26 Å². The van der Waals surface area contributed by atoms with Gasteiger partial charge in [0.2, 0.25) is 0 Å². The molecule has 0 radical (unpaired) electrons. The van der Waals surface area contributed by atoms with Crippen LogP contribution >= 0.6 is 0 Å². The van der Waals surface area contributed by atoms with Gasteiger partial charge in [-0.3, -0.25) is 9.36 Å². The maximum Gasteiger partial charge on any atom is 0.155 e. The van der Waals surface area contributed by atoms with Crippen molar-refractivity contribution in [1.29, 1.82) is 5.26 Å². The van der Waals surface area contributed by atoms with Gasteiger partial charge in [0, 0.05) is 25.0 Å². The van der Waals surface area contributed by atoms with Crippen LogP contribution < -0.4 is 5.73 Å². The third-order valence-corrected chi connectivity index (χ3v) is 5.74. The Balaban J connectivity index is 1.66. The predicted molar refractivity (Wildman–Crippen MR) is 107 cm³/mol. The Kier molecular flexibility index (Phi) is 3.71. The molecular formula is C20H21N9. The second-order valence-electron chi connectivity index (χ2n) is 7.98. The first-order valence-corrected chi connectivity index (χ1v) is 9.55. The molecule has 0 aromatic carbocycles. The third-order valence-electron chi connectivity index (χ3n) is 5.74. The Morgan fingerprint density at radius 3 is 2.79 bits per heavy atom. The average Bonchev–Trinajstić information content (AvgIpc) is 3.39. The highest BCUT2D eigenvalue weighted by Gasteiger charge is 2.44. The minimum Gasteiger partial charge on any atom is -0.382 e. The van der Waals surface area contributed by atoms with Crippen LogP contribution in [0.2, 0.25) is 0 Å². The predicted octanol–water partition coefficient (Wildman–Crippen LogP) is 2.61. The highest BCUT2D eigenvalue weighted by molar-refractivity contribution is 5.83. The second kappa shape index (κ2) is 6.17. The maximum absolute atomic E-state index is 9.33. The molecule has 9 heteroatoms. The largest absolute Gasteiger partial charge is 0.382 e. The first kappa shape index (κ1) is 17.4. The molecule has 1 saturated carbocycles. The van der Waals surface area contributed by atoms with Crippen molar-refractivity contribution in [3.8, 4) is 28.6 Å². The van der Waals surface area contributed by atoms with Gasteiger partial charge in [-0.05, 0) is 24.8 Å². The molecule has 9 nitrogen and oxygen atoms in total. The summed E-state index contributed by atoms with van der Waals surface area (Å²) in [7, 11) is 1.87. The van der Waals surface area contributed by atoms with E-state index < -0.39 is 0 Å². The van der Waals surface area contributed by atoms with Crippen LogP contribution in [-0.2, 0) is 12.6 Å². The number of fused-ring (bicyclic) bond motifs is 1. The lowest BCUT2D eigenvalue weighted by Gasteiger charge is -2.45. The zero-order valence-electron chi connectivity index (χ0n) is 16.3. The van der Waals surface area contributed by atoms with Crippen LogP contribution in [0.25, 0.3) is 28.0 Å². The molecular weight excluding hydrogens is 366 g/mol. The van der Waals surface area contributed by atoms with Gasteiger partial charge < -0.3 is 5.73 Å². The number of hydrogen-bond acceptors (Lipinski definition) is 6. The smallest absolute Gasteiger partial charge is 0.155 e. The Hall–Kier alpha value is -3.67. The molecule has 2 N–H and O–H groups in total. The number of nitrogens with zero attached hydrogens (tertiary/aromatic N) is 8. The number of nitrogen functional groups attached to an aromatic ring is 1. The molecule has 146 valence electrons. The highest BCUT2D eigenvalue weighted by atomic mass is 15.3. The van der Waals surface area contributed by atoms with E-state index in [1.54, 1.807) is 21.6 Å². The molecule has 5 rings (SSSR count). The van der Waals surface area contributed by atoms with Gasteiger partial charge in [-0.15, -0.1) is 0 Å². The van der Waals surface area contributed by atoms with E-state index in [-0.39, 0.29) is 5.54 Å². The first-order chi connectivity index (χ1) is 14.0. The van der Waals surface area contributed by atoms with Crippen LogP contribution in [-0.4, -0.2) is 34.2 Å². The van der Waals surface area contributed by atoms with Gasteiger partial charge in [0.1, 0.15) is 5.69 Å². The minimum absolute atomic E-state index is 0.280. The molecule has 0 amide bonds. The topological polar surface area (TPSA) is 116 Å². The van der Waals surface area contributed by atoms with Gasteiger partial charge in [0.25, 0.3) is 0 Å². The monoisotopic (exact) mass is 387 g/mol. The summed E-state index contributed by atoms with van der Waals surface area (Å²) in [6.45, 7) is 2.19. The van der Waals surface area contributed by atoms with Gasteiger partial charge >= 0.3 is 0 Å². The van der Waals surface area contributed by atoms with Crippen LogP contribution in [0.3, 0.4) is 0 Å². The molecule has 0 unspecified atom stereocenters. The fourth-order valence-electron chi connectivity index (χ4n) is 4.43. The van der Waals surface area contributed by atoms with Crippen LogP contribution in [0.4, 0.5) is 5.82 Å². The Bertz CT molecular complexity index is 1250. The summed E-state index contributed by atoms with van der Waals surface area (Å²) >= 11 is 0. The van der Waals surface area contributed by atoms with Crippen molar-refractivity contribution in [2.45, 2.75) is 31.7 Å². The standard InChI is InChI=1S/C20H21N9/c1-13-7-20(8-13,4-5-21)29-11-15(19(22)26-29)18-17-3-6-23-28(17)12-16(25-18)14-9-24-27(2)10-14/h3,6,9-13H,4,7-8H2,1-2H3,(H2,22,26)/t13-,20+. The molecule has 1 aliphatic rings. The molecule has 1 fully saturated rings. The summed E-state index contributed by atoms with van der Waals surface area (Å²) in [4.78, 5) is 4.88. The lowest BCUT2D eigenvalue weighted by molar-refractivity contribution is 0.0686. The van der Waals surface area contributed by atoms with Crippen molar-refractivity contribution in [2.24, 2.45) is 13.0 Å². The van der Waals surface area contributed by atoms with Crippen molar-refractivity contribution in [3.63, 3.8) is 0 Å². The number of nitrogens with two attached hydrogens (primary N) is 1. The van der Waals surface area contributed by atoms with Crippen LogP contribution in [0.15, 0.2) is 37.1 Å². The number of aromatic nitrogens is 7. The molecule has 29 heavy (non-hydrogen) atoms. The van der Waals surface area contributed by atoms with Crippen molar-refractivity contribution in [3.05, 3.63) is 37.1 Å². The van der Waals surface area contributed by atoms with Crippen molar-refractivity contribution in [1.82, 2.24) is 34.2 Å². The van der Waals surface area contributed by atoms with Gasteiger partial charge in [-0.25, -0.2) is 9.50 Å². The van der Waals surface area contributed by atoms with E-state index in [0.717, 1.165) is 35.2 Å². The summed E-state index contributed by atoms with van der Waals surface area (Å²) < 4.78 is 5.41. The molecule has 4 aromatic heterocycles. The second-order valence-corrected chi connectivity index (χ2v) is 7.98. The fourth-order valence-corrected chi connectivity index (χ4v) is 4.43. The van der Waals surface area contributed by atoms with E-state index in [0.29, 0.717) is 23.9 Å². The molecule has 4 heterocycles. The molecule has 0 spiro atoms. The molecule has 0 aliphatic heterocycles. The summed E-state index contributed by atoms with van der Waals surface area (Å²) in [6, 6.07) is 4.22. The maximum atomic E-state index is 9.33. The number of anilines is 1. The number of nitriles is 1. The Morgan fingerprint density at radius 1 is 1.28 bits per heavy atom. The van der Waals surface area contributed by atoms with Gasteiger partial charge in [-0.2, -0.15) is 20.6 Å². The van der Waals surface area contributed by atoms with E-state index in [1.165, 1.54) is 0 Å². The van der Waals surface area contributed by atoms with Crippen molar-refractivity contribution < 1.29 is 0 Å². The Labute approximate surface area is 167 Å². The zero-order valence-corrected chi connectivity index (χ0v) is 16.3. The molecule has 0 atom stereocenters. The average molecular weight is 387 g/mol. The summed E-state index contributed by atoms with van der Waals surface area (Å²) in [5, 5.41) is 22.5. The lowest BCUT2D eigenvalue weighted by Crippen LogP contribution is -2.45. The summed E-state index contributed by atoms with van der Waals surface area (Å²) in [5.41, 5.74) is 10.0. The highest BCUT2D eigenvalue weighted by Crippen LogP contribution is 2.47. The molecule has 4 aromatic rings. The van der Waals surface area contributed by atoms with Gasteiger partial charge in [0.05, 0.1) is 53.4 Å². The normalized spacial score (nSPS) is 21.2. The number of aryl methyl sites for hydroxylation is 1.